The topological polar surface area (TPSA) is 160 Å². The lowest BCUT2D eigenvalue weighted by Gasteiger charge is -2.29. The van der Waals surface area contributed by atoms with Gasteiger partial charge in [-0.3, -0.25) is 19.2 Å². The van der Waals surface area contributed by atoms with Crippen LogP contribution in [-0.4, -0.2) is 64.6 Å². The highest BCUT2D eigenvalue weighted by molar-refractivity contribution is 6.39. The molecule has 4 aromatic carbocycles. The second-order valence-electron chi connectivity index (χ2n) is 12.5. The molecule has 0 radical (unpaired) electrons. The van der Waals surface area contributed by atoms with E-state index in [4.69, 9.17) is 32.8 Å². The zero-order chi connectivity index (χ0) is 36.7. The number of carboxylic acids is 1. The molecule has 264 valence electrons. The van der Waals surface area contributed by atoms with Gasteiger partial charge in [0, 0.05) is 18.4 Å². The van der Waals surface area contributed by atoms with Crippen LogP contribution in [0.1, 0.15) is 53.0 Å². The van der Waals surface area contributed by atoms with Crippen molar-refractivity contribution < 1.29 is 38.7 Å². The van der Waals surface area contributed by atoms with E-state index in [9.17, 15) is 29.1 Å². The average Bonchev–Trinajstić information content (AvgIpc) is 3.53. The van der Waals surface area contributed by atoms with Crippen LogP contribution in [0.25, 0.3) is 10.8 Å². The van der Waals surface area contributed by atoms with E-state index in [1.54, 1.807) is 36.4 Å². The van der Waals surface area contributed by atoms with E-state index in [0.29, 0.717) is 16.8 Å². The van der Waals surface area contributed by atoms with Crippen LogP contribution in [0.5, 0.6) is 0 Å². The minimum atomic E-state index is -1.72. The Balaban J connectivity index is 1.36. The quantitative estimate of drug-likeness (QED) is 0.132. The number of carbonyl (C=O) groups excluding carboxylic acids is 4. The Morgan fingerprint density at radius 3 is 2.22 bits per heavy atom. The Morgan fingerprint density at radius 2 is 1.53 bits per heavy atom. The summed E-state index contributed by atoms with van der Waals surface area (Å²) < 4.78 is 5.12. The number of Topliss-reactive ketones (excluding diaryl/α,β-unsaturated/α-hetero) is 1. The fourth-order valence-corrected chi connectivity index (χ4v) is 6.43. The number of nitrogens with one attached hydrogen (secondary N) is 2. The van der Waals surface area contributed by atoms with E-state index in [1.165, 1.54) is 18.2 Å². The number of hydrogen-bond acceptors (Lipinski definition) is 8. The number of ketones is 1. The number of nitrogens with zero attached hydrogens (tertiary/aromatic N) is 1. The van der Waals surface area contributed by atoms with Gasteiger partial charge in [-0.2, -0.15) is 0 Å². The Bertz CT molecular complexity index is 1980. The van der Waals surface area contributed by atoms with Crippen molar-refractivity contribution >= 4 is 69.2 Å². The SMILES string of the molecule is CC(C)C(NC(=O)c1cccc2ccccc12)C1=NOC(Cc2ccccc2)(C(=O)N[C@@H](CC(=O)O)C(=O)COC(=O)c2c(Cl)cccc2Cl)C1. The van der Waals surface area contributed by atoms with Crippen molar-refractivity contribution in [3.8, 4) is 0 Å². The number of hydrogen-bond donors (Lipinski definition) is 3. The Hall–Kier alpha value is -5.26. The van der Waals surface area contributed by atoms with Crippen molar-refractivity contribution in [3.05, 3.63) is 118 Å². The molecule has 11 nitrogen and oxygen atoms in total. The molecule has 0 spiro atoms. The lowest BCUT2D eigenvalue weighted by Crippen LogP contribution is -2.55. The summed E-state index contributed by atoms with van der Waals surface area (Å²) in [5.41, 5.74) is -0.315. The van der Waals surface area contributed by atoms with Gasteiger partial charge in [0.15, 0.2) is 12.4 Å². The van der Waals surface area contributed by atoms with Gasteiger partial charge in [-0.25, -0.2) is 4.79 Å². The van der Waals surface area contributed by atoms with Gasteiger partial charge in [-0.1, -0.05) is 115 Å². The molecule has 5 rings (SSSR count). The van der Waals surface area contributed by atoms with Crippen LogP contribution >= 0.6 is 23.2 Å². The number of aliphatic carboxylic acids is 1. The van der Waals surface area contributed by atoms with Crippen LogP contribution < -0.4 is 10.6 Å². The molecule has 0 aliphatic carbocycles. The summed E-state index contributed by atoms with van der Waals surface area (Å²) in [4.78, 5) is 71.5. The van der Waals surface area contributed by atoms with Crippen LogP contribution in [-0.2, 0) is 30.4 Å². The van der Waals surface area contributed by atoms with Crippen molar-refractivity contribution in [2.24, 2.45) is 11.1 Å². The van der Waals surface area contributed by atoms with E-state index in [0.717, 1.165) is 10.8 Å². The summed E-state index contributed by atoms with van der Waals surface area (Å²) in [5, 5.41) is 21.2. The van der Waals surface area contributed by atoms with Gasteiger partial charge < -0.3 is 25.3 Å². The molecule has 13 heteroatoms. The molecular weight excluding hydrogens is 697 g/mol. The minimum Gasteiger partial charge on any atom is -0.481 e. The van der Waals surface area contributed by atoms with Gasteiger partial charge >= 0.3 is 11.9 Å². The number of rotatable bonds is 14. The highest BCUT2D eigenvalue weighted by atomic mass is 35.5. The third kappa shape index (κ3) is 8.73. The first-order valence-corrected chi connectivity index (χ1v) is 16.9. The molecule has 2 unspecified atom stereocenters. The smallest absolute Gasteiger partial charge is 0.341 e. The summed E-state index contributed by atoms with van der Waals surface area (Å²) in [6.45, 7) is 2.92. The number of amides is 2. The molecule has 0 fully saturated rings. The van der Waals surface area contributed by atoms with Gasteiger partial charge in [0.1, 0.15) is 6.04 Å². The molecule has 0 aromatic heterocycles. The van der Waals surface area contributed by atoms with Crippen LogP contribution in [0.3, 0.4) is 0 Å². The van der Waals surface area contributed by atoms with E-state index in [-0.39, 0.29) is 40.3 Å². The fraction of sp³-hybridized carbons (Fsp3) is 0.263. The summed E-state index contributed by atoms with van der Waals surface area (Å²) in [5.74, 6) is -4.59. The Labute approximate surface area is 303 Å². The summed E-state index contributed by atoms with van der Waals surface area (Å²) in [7, 11) is 0. The van der Waals surface area contributed by atoms with E-state index >= 15 is 0 Å². The lowest BCUT2D eigenvalue weighted by molar-refractivity contribution is -0.148. The van der Waals surface area contributed by atoms with Gasteiger partial charge in [0.25, 0.3) is 11.8 Å². The molecule has 3 N–H and O–H groups in total. The number of ether oxygens (including phenoxy) is 1. The number of esters is 1. The van der Waals surface area contributed by atoms with Gasteiger partial charge in [0.2, 0.25) is 5.60 Å². The minimum absolute atomic E-state index is 0.000360. The molecule has 0 saturated carbocycles. The molecule has 1 heterocycles. The summed E-state index contributed by atoms with van der Waals surface area (Å²) >= 11 is 12.2. The fourth-order valence-electron chi connectivity index (χ4n) is 5.88. The maximum Gasteiger partial charge on any atom is 0.341 e. The van der Waals surface area contributed by atoms with Gasteiger partial charge in [0.05, 0.1) is 33.8 Å². The number of carbonyl (C=O) groups is 5. The van der Waals surface area contributed by atoms with Crippen molar-refractivity contribution in [2.75, 3.05) is 6.61 Å². The highest BCUT2D eigenvalue weighted by Crippen LogP contribution is 2.32. The van der Waals surface area contributed by atoms with Crippen LogP contribution in [0.2, 0.25) is 10.0 Å². The number of benzene rings is 4. The average molecular weight is 733 g/mol. The zero-order valence-corrected chi connectivity index (χ0v) is 29.2. The third-order valence-corrected chi connectivity index (χ3v) is 9.11. The lowest BCUT2D eigenvalue weighted by atomic mass is 9.84. The van der Waals surface area contributed by atoms with E-state index in [2.05, 4.69) is 15.8 Å². The molecule has 4 aromatic rings. The molecule has 0 saturated heterocycles. The Kier molecular flexibility index (Phi) is 11.7. The summed E-state index contributed by atoms with van der Waals surface area (Å²) in [6.07, 6.45) is -0.886. The first-order valence-electron chi connectivity index (χ1n) is 16.1. The molecule has 1 aliphatic rings. The second-order valence-corrected chi connectivity index (χ2v) is 13.3. The highest BCUT2D eigenvalue weighted by Gasteiger charge is 2.49. The number of carboxylic acid groups (broad SMARTS) is 1. The van der Waals surface area contributed by atoms with Crippen molar-refractivity contribution in [1.82, 2.24) is 10.6 Å². The molecule has 2 amide bonds. The molecule has 0 bridgehead atoms. The molecule has 51 heavy (non-hydrogen) atoms. The Morgan fingerprint density at radius 1 is 0.882 bits per heavy atom. The van der Waals surface area contributed by atoms with Crippen molar-refractivity contribution in [3.63, 3.8) is 0 Å². The number of oxime groups is 1. The molecular formula is C38H35Cl2N3O8. The predicted octanol–water partition coefficient (Wildman–Crippen LogP) is 6.04. The first kappa shape index (κ1) is 37.0. The van der Waals surface area contributed by atoms with Gasteiger partial charge in [-0.05, 0) is 40.5 Å². The van der Waals surface area contributed by atoms with Crippen molar-refractivity contribution in [2.45, 2.75) is 50.8 Å². The van der Waals surface area contributed by atoms with Gasteiger partial charge in [-0.15, -0.1) is 0 Å². The predicted molar refractivity (Wildman–Crippen MR) is 192 cm³/mol. The van der Waals surface area contributed by atoms with Crippen LogP contribution in [0.15, 0.2) is 96.2 Å². The van der Waals surface area contributed by atoms with E-state index < -0.39 is 54.3 Å². The first-order chi connectivity index (χ1) is 24.4. The normalized spacial score (nSPS) is 16.5. The maximum atomic E-state index is 14.2. The molecule has 1 aliphatic heterocycles. The third-order valence-electron chi connectivity index (χ3n) is 8.48. The number of halogens is 2. The van der Waals surface area contributed by atoms with E-state index in [1.807, 2.05) is 50.2 Å². The number of fused-ring (bicyclic) bond motifs is 1. The van der Waals surface area contributed by atoms with Crippen molar-refractivity contribution in [1.29, 1.82) is 0 Å². The summed E-state index contributed by atoms with van der Waals surface area (Å²) in [6, 6.07) is 24.0. The van der Waals surface area contributed by atoms with Crippen LogP contribution in [0, 0.1) is 5.92 Å². The zero-order valence-electron chi connectivity index (χ0n) is 27.7. The molecule has 3 atom stereocenters. The maximum absolute atomic E-state index is 14.2. The monoisotopic (exact) mass is 731 g/mol. The van der Waals surface area contributed by atoms with Crippen LogP contribution in [0.4, 0.5) is 0 Å². The standard InChI is InChI=1S/C38H35Cl2N3O8/c1-22(2)34(42-35(47)26-15-8-13-24-12-6-7-14-25(24)26)30-20-38(51-43-30,19-23-10-4-3-5-11-23)37(49)41-29(18-32(45)46)31(44)21-50-36(48)33-27(39)16-9-17-28(33)40/h3-17,22,29,34H,18-21H2,1-2H3,(H,41,49)(H,42,47)(H,45,46)/t29-,34?,38?/m0/s1. The second kappa shape index (κ2) is 16.2. The largest absolute Gasteiger partial charge is 0.481 e.